The number of halogens is 1. The first-order chi connectivity index (χ1) is 11.5. The van der Waals surface area contributed by atoms with Crippen LogP contribution in [0.5, 0.6) is 5.75 Å². The lowest BCUT2D eigenvalue weighted by Crippen LogP contribution is -2.44. The van der Waals surface area contributed by atoms with Gasteiger partial charge in [-0.15, -0.1) is 10.2 Å². The summed E-state index contributed by atoms with van der Waals surface area (Å²) in [5.74, 6) is 5.79. The van der Waals surface area contributed by atoms with Gasteiger partial charge >= 0.3 is 0 Å². The van der Waals surface area contributed by atoms with E-state index in [0.717, 1.165) is 11.8 Å². The molecule has 0 atom stereocenters. The molecule has 0 saturated carbocycles. The van der Waals surface area contributed by atoms with Crippen molar-refractivity contribution in [3.63, 3.8) is 0 Å². The van der Waals surface area contributed by atoms with Gasteiger partial charge in [0.15, 0.2) is 6.61 Å². The lowest BCUT2D eigenvalue weighted by atomic mass is 10.3. The van der Waals surface area contributed by atoms with Crippen molar-refractivity contribution in [1.82, 2.24) is 25.7 Å². The molecule has 0 aliphatic carbocycles. The van der Waals surface area contributed by atoms with Crippen LogP contribution in [0.15, 0.2) is 29.4 Å². The lowest BCUT2D eigenvalue weighted by molar-refractivity contribution is -0.128. The fourth-order valence-corrected chi connectivity index (χ4v) is 2.30. The number of nitrogen functional groups attached to an aromatic ring is 1. The minimum absolute atomic E-state index is 0.0215. The summed E-state index contributed by atoms with van der Waals surface area (Å²) >= 11 is 6.84. The Hall–Kier alpha value is -2.46. The third-order valence-electron chi connectivity index (χ3n) is 2.69. The Labute approximate surface area is 146 Å². The van der Waals surface area contributed by atoms with E-state index in [0.29, 0.717) is 21.8 Å². The molecule has 1 aromatic heterocycles. The number of carbonyl (C=O) groups is 2. The molecular formula is C13H15ClN6O3S. The number of hydrogen-bond acceptors (Lipinski definition) is 7. The van der Waals surface area contributed by atoms with E-state index in [9.17, 15) is 9.59 Å². The van der Waals surface area contributed by atoms with Crippen molar-refractivity contribution in [2.45, 2.75) is 12.1 Å². The summed E-state index contributed by atoms with van der Waals surface area (Å²) in [6, 6.07) is 6.56. The maximum absolute atomic E-state index is 11.7. The van der Waals surface area contributed by atoms with Crippen molar-refractivity contribution in [2.75, 3.05) is 18.2 Å². The van der Waals surface area contributed by atoms with E-state index in [-0.39, 0.29) is 12.4 Å². The van der Waals surface area contributed by atoms with Crippen molar-refractivity contribution < 1.29 is 14.3 Å². The highest BCUT2D eigenvalue weighted by Crippen LogP contribution is 2.15. The van der Waals surface area contributed by atoms with Gasteiger partial charge in [0.1, 0.15) is 11.6 Å². The summed E-state index contributed by atoms with van der Waals surface area (Å²) in [4.78, 5) is 23.2. The summed E-state index contributed by atoms with van der Waals surface area (Å²) in [5.41, 5.74) is 4.51. The zero-order chi connectivity index (χ0) is 17.5. The summed E-state index contributed by atoms with van der Waals surface area (Å²) in [7, 11) is 0. The topological polar surface area (TPSA) is 124 Å². The van der Waals surface area contributed by atoms with Crippen LogP contribution >= 0.6 is 23.4 Å². The smallest absolute Gasteiger partial charge is 0.276 e. The van der Waals surface area contributed by atoms with Crippen molar-refractivity contribution in [3.05, 3.63) is 35.1 Å². The molecule has 4 N–H and O–H groups in total. The normalized spacial score (nSPS) is 10.2. The summed E-state index contributed by atoms with van der Waals surface area (Å²) in [6.45, 7) is 1.45. The van der Waals surface area contributed by atoms with E-state index in [4.69, 9.17) is 22.2 Å². The number of nitrogens with one attached hydrogen (secondary N) is 2. The molecule has 11 heteroatoms. The lowest BCUT2D eigenvalue weighted by Gasteiger charge is -2.08. The molecular weight excluding hydrogens is 356 g/mol. The minimum Gasteiger partial charge on any atom is -0.484 e. The standard InChI is InChI=1S/C13H15ClN6O3S/c1-8-16-19-13(20(8)15)24-7-12(22)18-17-11(21)6-23-10-4-2-9(14)3-5-10/h2-5H,6-7,15H2,1H3,(H,17,21)(H,18,22). The molecule has 0 spiro atoms. The number of hydrogen-bond donors (Lipinski definition) is 3. The second kappa shape index (κ2) is 8.41. The number of nitrogens with two attached hydrogens (primary N) is 1. The first kappa shape index (κ1) is 17.9. The van der Waals surface area contributed by atoms with E-state index in [1.165, 1.54) is 4.68 Å². The molecule has 2 amide bonds. The number of benzene rings is 1. The molecule has 9 nitrogen and oxygen atoms in total. The highest BCUT2D eigenvalue weighted by Gasteiger charge is 2.10. The average molecular weight is 371 g/mol. The molecule has 1 heterocycles. The van der Waals surface area contributed by atoms with Gasteiger partial charge < -0.3 is 10.6 Å². The molecule has 0 aliphatic rings. The maximum Gasteiger partial charge on any atom is 0.276 e. The quantitative estimate of drug-likeness (QED) is 0.378. The van der Waals surface area contributed by atoms with Crippen molar-refractivity contribution >= 4 is 35.2 Å². The number of nitrogens with zero attached hydrogens (tertiary/aromatic N) is 3. The van der Waals surface area contributed by atoms with E-state index in [1.807, 2.05) is 0 Å². The number of carbonyl (C=O) groups excluding carboxylic acids is 2. The molecule has 0 saturated heterocycles. The molecule has 0 fully saturated rings. The van der Waals surface area contributed by atoms with Crippen molar-refractivity contribution in [1.29, 1.82) is 0 Å². The molecule has 0 unspecified atom stereocenters. The van der Waals surface area contributed by atoms with Gasteiger partial charge in [-0.3, -0.25) is 20.4 Å². The van der Waals surface area contributed by atoms with Crippen LogP contribution in [-0.4, -0.2) is 39.0 Å². The second-order valence-electron chi connectivity index (χ2n) is 4.53. The Balaban J connectivity index is 1.66. The molecule has 24 heavy (non-hydrogen) atoms. The van der Waals surface area contributed by atoms with Crippen LogP contribution in [0.4, 0.5) is 0 Å². The Morgan fingerprint density at radius 3 is 2.54 bits per heavy atom. The Morgan fingerprint density at radius 1 is 1.25 bits per heavy atom. The second-order valence-corrected chi connectivity index (χ2v) is 5.91. The van der Waals surface area contributed by atoms with Crippen LogP contribution in [-0.2, 0) is 9.59 Å². The number of hydrazine groups is 1. The largest absolute Gasteiger partial charge is 0.484 e. The van der Waals surface area contributed by atoms with Crippen LogP contribution in [0, 0.1) is 6.92 Å². The number of thioether (sulfide) groups is 1. The summed E-state index contributed by atoms with van der Waals surface area (Å²) in [5, 5.41) is 8.55. The van der Waals surface area contributed by atoms with Crippen molar-refractivity contribution in [3.8, 4) is 5.75 Å². The molecule has 128 valence electrons. The molecule has 1 aromatic carbocycles. The van der Waals surface area contributed by atoms with Crippen molar-refractivity contribution in [2.24, 2.45) is 0 Å². The van der Waals surface area contributed by atoms with Crippen LogP contribution in [0.25, 0.3) is 0 Å². The zero-order valence-corrected chi connectivity index (χ0v) is 14.2. The SMILES string of the molecule is Cc1nnc(SCC(=O)NNC(=O)COc2ccc(Cl)cc2)n1N. The highest BCUT2D eigenvalue weighted by atomic mass is 35.5. The molecule has 0 radical (unpaired) electrons. The van der Waals surface area contributed by atoms with E-state index < -0.39 is 11.8 Å². The van der Waals surface area contributed by atoms with Gasteiger partial charge in [0.2, 0.25) is 11.1 Å². The number of ether oxygens (including phenoxy) is 1. The van der Waals surface area contributed by atoms with Gasteiger partial charge in [-0.25, -0.2) is 4.68 Å². The van der Waals surface area contributed by atoms with Gasteiger partial charge in [-0.1, -0.05) is 23.4 Å². The third-order valence-corrected chi connectivity index (χ3v) is 3.89. The van der Waals surface area contributed by atoms with Crippen LogP contribution in [0.2, 0.25) is 5.02 Å². The van der Waals surface area contributed by atoms with Crippen LogP contribution in [0.1, 0.15) is 5.82 Å². The third kappa shape index (κ3) is 5.32. The highest BCUT2D eigenvalue weighted by molar-refractivity contribution is 7.99. The van der Waals surface area contributed by atoms with Crippen LogP contribution < -0.4 is 21.4 Å². The minimum atomic E-state index is -0.499. The maximum atomic E-state index is 11.7. The summed E-state index contributed by atoms with van der Waals surface area (Å²) < 4.78 is 6.51. The van der Waals surface area contributed by atoms with Gasteiger partial charge in [-0.2, -0.15) is 0 Å². The van der Waals surface area contributed by atoms with Gasteiger partial charge in [0, 0.05) is 5.02 Å². The first-order valence-corrected chi connectivity index (χ1v) is 8.08. The van der Waals surface area contributed by atoms with Crippen LogP contribution in [0.3, 0.4) is 0 Å². The van der Waals surface area contributed by atoms with Gasteiger partial charge in [0.05, 0.1) is 5.75 Å². The predicted octanol–water partition coefficient (Wildman–Crippen LogP) is 0.272. The Kier molecular flexibility index (Phi) is 6.27. The van der Waals surface area contributed by atoms with E-state index in [2.05, 4.69) is 21.0 Å². The number of amides is 2. The Bertz CT molecular complexity index is 721. The number of aryl methyl sites for hydroxylation is 1. The Morgan fingerprint density at radius 2 is 1.92 bits per heavy atom. The average Bonchev–Trinajstić information content (AvgIpc) is 2.89. The molecule has 0 aliphatic heterocycles. The van der Waals surface area contributed by atoms with E-state index >= 15 is 0 Å². The molecule has 2 rings (SSSR count). The number of rotatable bonds is 6. The van der Waals surface area contributed by atoms with Gasteiger partial charge in [0.25, 0.3) is 5.91 Å². The molecule has 2 aromatic rings. The number of aromatic nitrogens is 3. The predicted molar refractivity (Wildman–Crippen MR) is 88.9 cm³/mol. The van der Waals surface area contributed by atoms with Gasteiger partial charge in [-0.05, 0) is 31.2 Å². The first-order valence-electron chi connectivity index (χ1n) is 6.71. The zero-order valence-electron chi connectivity index (χ0n) is 12.7. The van der Waals surface area contributed by atoms with E-state index in [1.54, 1.807) is 31.2 Å². The molecule has 0 bridgehead atoms. The summed E-state index contributed by atoms with van der Waals surface area (Å²) in [6.07, 6.45) is 0. The fourth-order valence-electron chi connectivity index (χ4n) is 1.47. The fraction of sp³-hybridized carbons (Fsp3) is 0.231. The monoisotopic (exact) mass is 370 g/mol.